The summed E-state index contributed by atoms with van der Waals surface area (Å²) in [5.74, 6) is -1.19. The van der Waals surface area contributed by atoms with Crippen LogP contribution in [-0.4, -0.2) is 45.7 Å². The Bertz CT molecular complexity index is 1170. The molecule has 1 unspecified atom stereocenters. The molecule has 34 heavy (non-hydrogen) atoms. The van der Waals surface area contributed by atoms with Crippen LogP contribution in [0, 0.1) is 0 Å². The van der Waals surface area contributed by atoms with Crippen LogP contribution in [0.1, 0.15) is 46.6 Å². The molecule has 0 radical (unpaired) electrons. The Balaban J connectivity index is 1.29. The maximum Gasteiger partial charge on any atom is 0.407 e. The fraction of sp³-hybridized carbons (Fsp3) is 0.240. The van der Waals surface area contributed by atoms with Crippen LogP contribution in [0.2, 0.25) is 0 Å². The molecule has 174 valence electrons. The summed E-state index contributed by atoms with van der Waals surface area (Å²) >= 11 is 0. The van der Waals surface area contributed by atoms with Gasteiger partial charge in [0.1, 0.15) is 12.4 Å². The molecular formula is C25H24N4O5. The highest BCUT2D eigenvalue weighted by molar-refractivity contribution is 5.94. The third-order valence-electron chi connectivity index (χ3n) is 5.56. The van der Waals surface area contributed by atoms with Crippen LogP contribution in [0.15, 0.2) is 60.9 Å². The molecule has 0 spiro atoms. The third-order valence-corrected chi connectivity index (χ3v) is 5.56. The SMILES string of the molecule is CC(CC(=O)O)NC(=O)c1cnc(CNC(=O)OCC2c3ccccc3-c3ccccc32)nc1. The van der Waals surface area contributed by atoms with E-state index in [1.54, 1.807) is 6.92 Å². The molecule has 9 nitrogen and oxygen atoms in total. The molecule has 0 aliphatic heterocycles. The molecule has 3 aromatic rings. The van der Waals surface area contributed by atoms with Gasteiger partial charge in [-0.2, -0.15) is 0 Å². The lowest BCUT2D eigenvalue weighted by atomic mass is 9.98. The van der Waals surface area contributed by atoms with Gasteiger partial charge in [0.15, 0.2) is 0 Å². The summed E-state index contributed by atoms with van der Waals surface area (Å²) in [5.41, 5.74) is 4.77. The first-order chi connectivity index (χ1) is 16.4. The highest BCUT2D eigenvalue weighted by Crippen LogP contribution is 2.44. The Labute approximate surface area is 196 Å². The average Bonchev–Trinajstić information content (AvgIpc) is 3.15. The highest BCUT2D eigenvalue weighted by Gasteiger charge is 2.29. The van der Waals surface area contributed by atoms with Gasteiger partial charge in [-0.15, -0.1) is 0 Å². The molecule has 0 saturated carbocycles. The second-order valence-electron chi connectivity index (χ2n) is 8.04. The lowest BCUT2D eigenvalue weighted by Gasteiger charge is -2.14. The predicted octanol–water partition coefficient (Wildman–Crippen LogP) is 3.11. The van der Waals surface area contributed by atoms with E-state index in [-0.39, 0.29) is 31.1 Å². The number of carbonyl (C=O) groups is 3. The summed E-state index contributed by atoms with van der Waals surface area (Å²) in [4.78, 5) is 43.3. The molecule has 0 bridgehead atoms. The number of amides is 2. The highest BCUT2D eigenvalue weighted by atomic mass is 16.5. The van der Waals surface area contributed by atoms with Crippen molar-refractivity contribution in [3.8, 4) is 11.1 Å². The molecule has 1 aliphatic rings. The molecule has 1 heterocycles. The van der Waals surface area contributed by atoms with Crippen LogP contribution in [0.5, 0.6) is 0 Å². The number of hydrogen-bond donors (Lipinski definition) is 3. The lowest BCUT2D eigenvalue weighted by molar-refractivity contribution is -0.137. The number of nitrogens with zero attached hydrogens (tertiary/aromatic N) is 2. The number of hydrogen-bond acceptors (Lipinski definition) is 6. The number of nitrogens with one attached hydrogen (secondary N) is 2. The van der Waals surface area contributed by atoms with Gasteiger partial charge in [-0.3, -0.25) is 9.59 Å². The van der Waals surface area contributed by atoms with Crippen molar-refractivity contribution in [2.75, 3.05) is 6.61 Å². The summed E-state index contributed by atoms with van der Waals surface area (Å²) in [7, 11) is 0. The number of carboxylic acid groups (broad SMARTS) is 1. The zero-order valence-corrected chi connectivity index (χ0v) is 18.5. The fourth-order valence-electron chi connectivity index (χ4n) is 3.98. The first-order valence-corrected chi connectivity index (χ1v) is 10.8. The summed E-state index contributed by atoms with van der Waals surface area (Å²) in [6, 6.07) is 15.7. The molecule has 0 saturated heterocycles. The quantitative estimate of drug-likeness (QED) is 0.471. The van der Waals surface area contributed by atoms with E-state index in [0.717, 1.165) is 22.3 Å². The van der Waals surface area contributed by atoms with Gasteiger partial charge in [0, 0.05) is 24.4 Å². The molecule has 9 heteroatoms. The minimum atomic E-state index is -1.00. The molecule has 1 aromatic heterocycles. The van der Waals surface area contributed by atoms with E-state index in [1.165, 1.54) is 12.4 Å². The Hall–Kier alpha value is -4.27. The van der Waals surface area contributed by atoms with Crippen LogP contribution in [-0.2, 0) is 16.1 Å². The topological polar surface area (TPSA) is 131 Å². The molecule has 2 amide bonds. The molecule has 1 atom stereocenters. The second kappa shape index (κ2) is 10.1. The summed E-state index contributed by atoms with van der Waals surface area (Å²) < 4.78 is 5.48. The molecule has 0 fully saturated rings. The van der Waals surface area contributed by atoms with Gasteiger partial charge in [-0.05, 0) is 29.2 Å². The van der Waals surface area contributed by atoms with E-state index in [9.17, 15) is 14.4 Å². The fourth-order valence-corrected chi connectivity index (χ4v) is 3.98. The van der Waals surface area contributed by atoms with Gasteiger partial charge >= 0.3 is 12.1 Å². The molecular weight excluding hydrogens is 436 g/mol. The lowest BCUT2D eigenvalue weighted by Crippen LogP contribution is -2.34. The zero-order chi connectivity index (χ0) is 24.1. The Morgan fingerprint density at radius 1 is 1.00 bits per heavy atom. The van der Waals surface area contributed by atoms with Crippen molar-refractivity contribution in [1.82, 2.24) is 20.6 Å². The van der Waals surface area contributed by atoms with Crippen LogP contribution in [0.4, 0.5) is 4.79 Å². The maximum atomic E-state index is 12.3. The van der Waals surface area contributed by atoms with Gasteiger partial charge in [-0.1, -0.05) is 48.5 Å². The Morgan fingerprint density at radius 3 is 2.18 bits per heavy atom. The standard InChI is InChI=1S/C25H24N4O5/c1-15(10-23(30)31)29-24(32)16-11-26-22(27-12-16)13-28-25(33)34-14-21-19-8-4-2-6-17(19)18-7-3-5-9-20(18)21/h2-9,11-12,15,21H,10,13-14H2,1H3,(H,28,33)(H,29,32)(H,30,31). The van der Waals surface area contributed by atoms with E-state index >= 15 is 0 Å². The second-order valence-corrected chi connectivity index (χ2v) is 8.04. The van der Waals surface area contributed by atoms with Crippen molar-refractivity contribution in [2.45, 2.75) is 31.8 Å². The number of carbonyl (C=O) groups excluding carboxylic acids is 2. The van der Waals surface area contributed by atoms with Gasteiger partial charge in [0.25, 0.3) is 5.91 Å². The van der Waals surface area contributed by atoms with Gasteiger partial charge in [0.2, 0.25) is 0 Å². The number of rotatable bonds is 8. The van der Waals surface area contributed by atoms with Crippen LogP contribution in [0.25, 0.3) is 11.1 Å². The normalized spacial score (nSPS) is 12.9. The Kier molecular flexibility index (Phi) is 6.82. The number of fused-ring (bicyclic) bond motifs is 3. The minimum absolute atomic E-state index is 0.0317. The van der Waals surface area contributed by atoms with E-state index in [0.29, 0.717) is 5.82 Å². The van der Waals surface area contributed by atoms with Gasteiger partial charge < -0.3 is 20.5 Å². The van der Waals surface area contributed by atoms with Crippen molar-refractivity contribution in [1.29, 1.82) is 0 Å². The van der Waals surface area contributed by atoms with Crippen LogP contribution < -0.4 is 10.6 Å². The molecule has 4 rings (SSSR count). The molecule has 1 aliphatic carbocycles. The van der Waals surface area contributed by atoms with Gasteiger partial charge in [0.05, 0.1) is 18.5 Å². The number of alkyl carbamates (subject to hydrolysis) is 1. The van der Waals surface area contributed by atoms with Crippen molar-refractivity contribution < 1.29 is 24.2 Å². The maximum absolute atomic E-state index is 12.3. The minimum Gasteiger partial charge on any atom is -0.481 e. The van der Waals surface area contributed by atoms with E-state index in [2.05, 4.69) is 44.9 Å². The number of carboxylic acids is 1. The average molecular weight is 460 g/mol. The van der Waals surface area contributed by atoms with Crippen molar-refractivity contribution in [2.24, 2.45) is 0 Å². The number of aromatic nitrogens is 2. The third kappa shape index (κ3) is 5.20. The number of aliphatic carboxylic acids is 1. The van der Waals surface area contributed by atoms with Crippen molar-refractivity contribution >= 4 is 18.0 Å². The van der Waals surface area contributed by atoms with E-state index < -0.39 is 24.0 Å². The smallest absolute Gasteiger partial charge is 0.407 e. The van der Waals surface area contributed by atoms with Crippen LogP contribution in [0.3, 0.4) is 0 Å². The van der Waals surface area contributed by atoms with Gasteiger partial charge in [-0.25, -0.2) is 14.8 Å². The van der Waals surface area contributed by atoms with Crippen molar-refractivity contribution in [3.63, 3.8) is 0 Å². The predicted molar refractivity (Wildman–Crippen MR) is 123 cm³/mol. The first kappa shape index (κ1) is 22.9. The number of benzene rings is 2. The van der Waals surface area contributed by atoms with E-state index in [4.69, 9.17) is 9.84 Å². The zero-order valence-electron chi connectivity index (χ0n) is 18.5. The summed E-state index contributed by atoms with van der Waals surface area (Å²) in [6.45, 7) is 1.84. The number of ether oxygens (including phenoxy) is 1. The summed E-state index contributed by atoms with van der Waals surface area (Å²) in [5, 5.41) is 14.0. The monoisotopic (exact) mass is 460 g/mol. The summed E-state index contributed by atoms with van der Waals surface area (Å²) in [6.07, 6.45) is 1.87. The Morgan fingerprint density at radius 2 is 1.59 bits per heavy atom. The largest absolute Gasteiger partial charge is 0.481 e. The molecule has 2 aromatic carbocycles. The van der Waals surface area contributed by atoms with Crippen LogP contribution >= 0.6 is 0 Å². The first-order valence-electron chi connectivity index (χ1n) is 10.8. The van der Waals surface area contributed by atoms with Crippen molar-refractivity contribution in [3.05, 3.63) is 83.4 Å². The molecule has 3 N–H and O–H groups in total. The van der Waals surface area contributed by atoms with E-state index in [1.807, 2.05) is 24.3 Å².